The molecule has 6 N–H and O–H groups in total. The number of guanidine groups is 1. The number of carbonyl (C=O) groups excluding carboxylic acids is 2. The molecule has 36 heavy (non-hydrogen) atoms. The smallest absolute Gasteiger partial charge is 0.305 e. The Bertz CT molecular complexity index is 1370. The van der Waals surface area contributed by atoms with Gasteiger partial charge in [0.1, 0.15) is 0 Å². The van der Waals surface area contributed by atoms with Gasteiger partial charge in [-0.05, 0) is 65.7 Å². The fraction of sp³-hybridized carbons (Fsp3) is 0.120. The number of rotatable bonds is 7. The second kappa shape index (κ2) is 10.3. The average Bonchev–Trinajstić information content (AvgIpc) is 3.12. The fourth-order valence-electron chi connectivity index (χ4n) is 4.03. The van der Waals surface area contributed by atoms with E-state index in [2.05, 4.69) is 10.3 Å². The van der Waals surface area contributed by atoms with E-state index in [0.29, 0.717) is 43.7 Å². The van der Waals surface area contributed by atoms with Crippen LogP contribution in [0.1, 0.15) is 44.3 Å². The molecule has 3 aromatic rings. The van der Waals surface area contributed by atoms with Gasteiger partial charge in [0.25, 0.3) is 11.8 Å². The van der Waals surface area contributed by atoms with Gasteiger partial charge < -0.3 is 26.8 Å². The van der Waals surface area contributed by atoms with Crippen LogP contribution in [0.3, 0.4) is 0 Å². The highest BCUT2D eigenvalue weighted by Gasteiger charge is 2.35. The number of nitrogens with one attached hydrogen (secondary N) is 1. The molecule has 4 rings (SSSR count). The second-order valence-corrected chi connectivity index (χ2v) is 9.03. The predicted octanol–water partition coefficient (Wildman–Crippen LogP) is 4.32. The molecule has 0 saturated carbocycles. The number of carboxylic acid groups (broad SMARTS) is 1. The van der Waals surface area contributed by atoms with Crippen molar-refractivity contribution in [2.75, 3.05) is 5.32 Å². The first-order chi connectivity index (χ1) is 17.1. The van der Waals surface area contributed by atoms with Gasteiger partial charge in [0, 0.05) is 33.4 Å². The molecule has 0 bridgehead atoms. The number of anilines is 1. The molecule has 0 saturated heterocycles. The molecule has 1 aliphatic rings. The minimum Gasteiger partial charge on any atom is -0.481 e. The molecule has 1 heterocycles. The first-order valence-corrected chi connectivity index (χ1v) is 11.5. The molecule has 2 amide bonds. The van der Waals surface area contributed by atoms with Crippen LogP contribution in [0.15, 0.2) is 65.7 Å². The van der Waals surface area contributed by atoms with Gasteiger partial charge in [-0.3, -0.25) is 14.4 Å². The van der Waals surface area contributed by atoms with Crippen LogP contribution in [-0.4, -0.2) is 33.7 Å². The third-order valence-electron chi connectivity index (χ3n) is 5.60. The standard InChI is InChI=1S/C25H21Cl2N5O4/c26-16-7-15(8-17(27)9-16)21(11-22(33)34)32-12-14-3-6-19(10-20(14)24(32)36)30-23(35)13-1-4-18(5-2-13)31-25(28)29/h1-10,21H,11-12H2,(H,30,35)(H,33,34)(H4,28,29,31). The van der Waals surface area contributed by atoms with Crippen molar-refractivity contribution in [1.29, 1.82) is 0 Å². The number of aliphatic imine (C=N–C) groups is 1. The number of hydrogen-bond acceptors (Lipinski definition) is 4. The van der Waals surface area contributed by atoms with Crippen molar-refractivity contribution in [2.24, 2.45) is 16.5 Å². The molecule has 0 aliphatic carbocycles. The molecule has 0 aromatic heterocycles. The van der Waals surface area contributed by atoms with E-state index in [9.17, 15) is 19.5 Å². The van der Waals surface area contributed by atoms with E-state index in [0.717, 1.165) is 0 Å². The summed E-state index contributed by atoms with van der Waals surface area (Å²) in [6.07, 6.45) is -0.324. The van der Waals surface area contributed by atoms with Crippen LogP contribution in [-0.2, 0) is 11.3 Å². The van der Waals surface area contributed by atoms with E-state index in [4.69, 9.17) is 34.7 Å². The van der Waals surface area contributed by atoms with Crippen LogP contribution in [0.4, 0.5) is 11.4 Å². The molecule has 1 atom stereocenters. The van der Waals surface area contributed by atoms with E-state index in [1.807, 2.05) is 0 Å². The maximum Gasteiger partial charge on any atom is 0.305 e. The number of nitrogens with two attached hydrogens (primary N) is 2. The van der Waals surface area contributed by atoms with Crippen molar-refractivity contribution in [1.82, 2.24) is 4.90 Å². The van der Waals surface area contributed by atoms with E-state index >= 15 is 0 Å². The first kappa shape index (κ1) is 25.0. The molecule has 11 heteroatoms. The number of carboxylic acids is 1. The van der Waals surface area contributed by atoms with Gasteiger partial charge in [0.05, 0.1) is 18.2 Å². The fourth-order valence-corrected chi connectivity index (χ4v) is 4.58. The third-order valence-corrected chi connectivity index (χ3v) is 6.04. The van der Waals surface area contributed by atoms with Crippen LogP contribution < -0.4 is 16.8 Å². The molecule has 1 unspecified atom stereocenters. The summed E-state index contributed by atoms with van der Waals surface area (Å²) in [5.74, 6) is -1.90. The summed E-state index contributed by atoms with van der Waals surface area (Å²) in [4.78, 5) is 43.0. The third kappa shape index (κ3) is 5.59. The molecule has 9 nitrogen and oxygen atoms in total. The number of hydrogen-bond donors (Lipinski definition) is 4. The number of benzene rings is 3. The number of nitrogens with zero attached hydrogens (tertiary/aromatic N) is 2. The number of carbonyl (C=O) groups is 3. The number of fused-ring (bicyclic) bond motifs is 1. The quantitative estimate of drug-likeness (QED) is 0.266. The van der Waals surface area contributed by atoms with Crippen molar-refractivity contribution >= 4 is 58.3 Å². The van der Waals surface area contributed by atoms with E-state index < -0.39 is 12.0 Å². The highest BCUT2D eigenvalue weighted by atomic mass is 35.5. The summed E-state index contributed by atoms with van der Waals surface area (Å²) < 4.78 is 0. The van der Waals surface area contributed by atoms with Crippen molar-refractivity contribution in [3.8, 4) is 0 Å². The lowest BCUT2D eigenvalue weighted by Gasteiger charge is -2.27. The zero-order valence-corrected chi connectivity index (χ0v) is 20.3. The lowest BCUT2D eigenvalue weighted by Crippen LogP contribution is -2.31. The van der Waals surface area contributed by atoms with Crippen LogP contribution >= 0.6 is 23.2 Å². The summed E-state index contributed by atoms with van der Waals surface area (Å²) in [6.45, 7) is 0.205. The van der Waals surface area contributed by atoms with Gasteiger partial charge in [0.2, 0.25) is 0 Å². The van der Waals surface area contributed by atoms with Crippen molar-refractivity contribution in [2.45, 2.75) is 19.0 Å². The van der Waals surface area contributed by atoms with Crippen LogP contribution in [0.2, 0.25) is 10.0 Å². The maximum absolute atomic E-state index is 13.3. The molecule has 0 radical (unpaired) electrons. The molecule has 0 fully saturated rings. The Morgan fingerprint density at radius 1 is 1.03 bits per heavy atom. The molecule has 0 spiro atoms. The largest absolute Gasteiger partial charge is 0.481 e. The number of amides is 2. The van der Waals surface area contributed by atoms with Gasteiger partial charge in [-0.25, -0.2) is 4.99 Å². The zero-order valence-electron chi connectivity index (χ0n) is 18.7. The summed E-state index contributed by atoms with van der Waals surface area (Å²) in [7, 11) is 0. The molecule has 3 aromatic carbocycles. The van der Waals surface area contributed by atoms with E-state index in [1.54, 1.807) is 54.6 Å². The Hall–Kier alpha value is -4.08. The SMILES string of the molecule is NC(N)=Nc1ccc(C(=O)Nc2ccc3c(c2)C(=O)N(C(CC(=O)O)c2cc(Cl)cc(Cl)c2)C3)cc1. The maximum atomic E-state index is 13.3. The van der Waals surface area contributed by atoms with Crippen LogP contribution in [0, 0.1) is 0 Å². The normalized spacial score (nSPS) is 13.2. The van der Waals surface area contributed by atoms with Gasteiger partial charge in [-0.15, -0.1) is 0 Å². The highest BCUT2D eigenvalue weighted by molar-refractivity contribution is 6.34. The zero-order chi connectivity index (χ0) is 26.0. The van der Waals surface area contributed by atoms with Crippen LogP contribution in [0.5, 0.6) is 0 Å². The Kier molecular flexibility index (Phi) is 7.14. The summed E-state index contributed by atoms with van der Waals surface area (Å²) in [6, 6.07) is 15.3. The first-order valence-electron chi connectivity index (χ1n) is 10.7. The highest BCUT2D eigenvalue weighted by Crippen LogP contribution is 2.36. The Labute approximate surface area is 216 Å². The van der Waals surface area contributed by atoms with Gasteiger partial charge in [-0.1, -0.05) is 29.3 Å². The predicted molar refractivity (Wildman–Crippen MR) is 138 cm³/mol. The van der Waals surface area contributed by atoms with Crippen LogP contribution in [0.25, 0.3) is 0 Å². The summed E-state index contributed by atoms with van der Waals surface area (Å²) >= 11 is 12.2. The molecule has 1 aliphatic heterocycles. The lowest BCUT2D eigenvalue weighted by atomic mass is 10.0. The van der Waals surface area contributed by atoms with Gasteiger partial charge in [-0.2, -0.15) is 0 Å². The van der Waals surface area contributed by atoms with E-state index in [1.165, 1.54) is 11.0 Å². The Morgan fingerprint density at radius 2 is 1.69 bits per heavy atom. The van der Waals surface area contributed by atoms with Gasteiger partial charge in [0.15, 0.2) is 5.96 Å². The topological polar surface area (TPSA) is 151 Å². The lowest BCUT2D eigenvalue weighted by molar-refractivity contribution is -0.138. The molecule has 184 valence electrons. The minimum atomic E-state index is -1.07. The average molecular weight is 526 g/mol. The summed E-state index contributed by atoms with van der Waals surface area (Å²) in [5.41, 5.74) is 13.6. The summed E-state index contributed by atoms with van der Waals surface area (Å²) in [5, 5.41) is 12.9. The Balaban J connectivity index is 1.55. The number of aliphatic carboxylic acids is 1. The molecular formula is C25H21Cl2N5O4. The number of halogens is 2. The van der Waals surface area contributed by atoms with Crippen molar-refractivity contribution in [3.05, 3.63) is 93.0 Å². The Morgan fingerprint density at radius 3 is 2.31 bits per heavy atom. The minimum absolute atomic E-state index is 0.0897. The monoisotopic (exact) mass is 525 g/mol. The van der Waals surface area contributed by atoms with E-state index in [-0.39, 0.29) is 30.7 Å². The van der Waals surface area contributed by atoms with Crippen molar-refractivity contribution < 1.29 is 19.5 Å². The molecular weight excluding hydrogens is 505 g/mol. The van der Waals surface area contributed by atoms with Crippen molar-refractivity contribution in [3.63, 3.8) is 0 Å². The van der Waals surface area contributed by atoms with Gasteiger partial charge >= 0.3 is 5.97 Å². The second-order valence-electron chi connectivity index (χ2n) is 8.16.